The molecular formula is C19H19N5O3S. The molecule has 5 rings (SSSR count). The lowest BCUT2D eigenvalue weighted by Gasteiger charge is -2.28. The Bertz CT molecular complexity index is 1090. The fraction of sp³-hybridized carbons (Fsp3) is 0.368. The summed E-state index contributed by atoms with van der Waals surface area (Å²) < 4.78 is 8.66. The van der Waals surface area contributed by atoms with E-state index in [2.05, 4.69) is 5.10 Å². The molecule has 0 aliphatic carbocycles. The number of benzene rings is 1. The molecule has 8 nitrogen and oxygen atoms in total. The van der Waals surface area contributed by atoms with Gasteiger partial charge in [-0.05, 0) is 12.1 Å². The third-order valence-corrected chi connectivity index (χ3v) is 6.24. The zero-order chi connectivity index (χ0) is 19.1. The third-order valence-electron chi connectivity index (χ3n) is 5.15. The Balaban J connectivity index is 1.49. The second-order valence-electron chi connectivity index (χ2n) is 6.86. The van der Waals surface area contributed by atoms with Crippen LogP contribution in [-0.4, -0.2) is 62.2 Å². The van der Waals surface area contributed by atoms with Crippen molar-refractivity contribution in [1.82, 2.24) is 24.2 Å². The van der Waals surface area contributed by atoms with E-state index >= 15 is 0 Å². The van der Waals surface area contributed by atoms with Crippen LogP contribution in [0.15, 0.2) is 46.5 Å². The van der Waals surface area contributed by atoms with Crippen LogP contribution in [0.2, 0.25) is 0 Å². The maximum atomic E-state index is 13.1. The van der Waals surface area contributed by atoms with Crippen LogP contribution in [0.5, 0.6) is 0 Å². The standard InChI is InChI=1S/C19H19N5O3S/c25-16(22-6-8-27-9-7-22)10-14-12-28-19-21-17-15(18(26)23(14)19)11-20-24(17)13-4-2-1-3-5-13/h1-5,11,14H,6-10,12H2/t14-/m1/s1. The van der Waals surface area contributed by atoms with E-state index in [1.165, 1.54) is 11.8 Å². The number of ether oxygens (including phenoxy) is 1. The van der Waals surface area contributed by atoms with Crippen LogP contribution in [0.3, 0.4) is 0 Å². The van der Waals surface area contributed by atoms with Crippen LogP contribution in [0.25, 0.3) is 16.7 Å². The monoisotopic (exact) mass is 397 g/mol. The largest absolute Gasteiger partial charge is 0.378 e. The fourth-order valence-corrected chi connectivity index (χ4v) is 4.81. The van der Waals surface area contributed by atoms with Gasteiger partial charge in [-0.2, -0.15) is 5.10 Å². The van der Waals surface area contributed by atoms with Gasteiger partial charge in [-0.3, -0.25) is 14.2 Å². The molecule has 1 fully saturated rings. The van der Waals surface area contributed by atoms with Crippen molar-refractivity contribution in [3.63, 3.8) is 0 Å². The lowest BCUT2D eigenvalue weighted by atomic mass is 10.2. The van der Waals surface area contributed by atoms with Gasteiger partial charge in [-0.15, -0.1) is 0 Å². The number of nitrogens with zero attached hydrogens (tertiary/aromatic N) is 5. The number of thioether (sulfide) groups is 1. The summed E-state index contributed by atoms with van der Waals surface area (Å²) in [4.78, 5) is 32.3. The highest BCUT2D eigenvalue weighted by atomic mass is 32.2. The van der Waals surface area contributed by atoms with Crippen LogP contribution in [-0.2, 0) is 9.53 Å². The van der Waals surface area contributed by atoms with Gasteiger partial charge in [0.15, 0.2) is 10.8 Å². The molecule has 0 saturated carbocycles. The summed E-state index contributed by atoms with van der Waals surface area (Å²) in [5.41, 5.74) is 1.28. The summed E-state index contributed by atoms with van der Waals surface area (Å²) >= 11 is 1.52. The molecule has 1 aromatic carbocycles. The molecule has 0 N–H and O–H groups in total. The second kappa shape index (κ2) is 7.06. The Morgan fingerprint density at radius 2 is 2.00 bits per heavy atom. The van der Waals surface area contributed by atoms with Crippen molar-refractivity contribution >= 4 is 28.7 Å². The number of amides is 1. The Kier molecular flexibility index (Phi) is 4.40. The average molecular weight is 397 g/mol. The van der Waals surface area contributed by atoms with Gasteiger partial charge in [0.2, 0.25) is 5.91 Å². The number of rotatable bonds is 3. The molecule has 2 aliphatic rings. The molecule has 144 valence electrons. The maximum absolute atomic E-state index is 13.1. The van der Waals surface area contributed by atoms with Gasteiger partial charge in [0.1, 0.15) is 5.39 Å². The average Bonchev–Trinajstić information content (AvgIpc) is 3.34. The summed E-state index contributed by atoms with van der Waals surface area (Å²) in [7, 11) is 0. The molecule has 28 heavy (non-hydrogen) atoms. The first-order valence-electron chi connectivity index (χ1n) is 9.26. The minimum atomic E-state index is -0.181. The lowest BCUT2D eigenvalue weighted by Crippen LogP contribution is -2.42. The SMILES string of the molecule is O=C(C[C@@H]1CSc2nc3c(cnn3-c3ccccc3)c(=O)n21)N1CCOCC1. The molecule has 1 saturated heterocycles. The normalized spacial score (nSPS) is 19.1. The molecular weight excluding hydrogens is 378 g/mol. The van der Waals surface area contributed by atoms with Crippen molar-refractivity contribution in [2.24, 2.45) is 0 Å². The Hall–Kier alpha value is -2.65. The van der Waals surface area contributed by atoms with E-state index in [9.17, 15) is 9.59 Å². The smallest absolute Gasteiger partial charge is 0.265 e. The van der Waals surface area contributed by atoms with E-state index in [1.807, 2.05) is 35.2 Å². The van der Waals surface area contributed by atoms with E-state index < -0.39 is 0 Å². The Morgan fingerprint density at radius 1 is 1.21 bits per heavy atom. The highest BCUT2D eigenvalue weighted by Crippen LogP contribution is 2.33. The summed E-state index contributed by atoms with van der Waals surface area (Å²) in [6.07, 6.45) is 1.87. The Morgan fingerprint density at radius 3 is 2.79 bits per heavy atom. The van der Waals surface area contributed by atoms with Gasteiger partial charge in [0.25, 0.3) is 5.56 Å². The van der Waals surface area contributed by atoms with Crippen molar-refractivity contribution in [3.05, 3.63) is 46.9 Å². The van der Waals surface area contributed by atoms with Crippen LogP contribution < -0.4 is 5.56 Å². The number of fused-ring (bicyclic) bond motifs is 2. The number of carbonyl (C=O) groups excluding carboxylic acids is 1. The van der Waals surface area contributed by atoms with Crippen LogP contribution in [0.1, 0.15) is 12.5 Å². The third kappa shape index (κ3) is 2.91. The van der Waals surface area contributed by atoms with Gasteiger partial charge in [0, 0.05) is 25.3 Å². The molecule has 2 aromatic heterocycles. The minimum Gasteiger partial charge on any atom is -0.378 e. The lowest BCUT2D eigenvalue weighted by molar-refractivity contribution is -0.135. The first kappa shape index (κ1) is 17.4. The summed E-state index contributed by atoms with van der Waals surface area (Å²) in [6.45, 7) is 2.37. The number of hydrogen-bond donors (Lipinski definition) is 0. The first-order chi connectivity index (χ1) is 13.7. The van der Waals surface area contributed by atoms with E-state index in [4.69, 9.17) is 9.72 Å². The van der Waals surface area contributed by atoms with Crippen molar-refractivity contribution < 1.29 is 9.53 Å². The highest BCUT2D eigenvalue weighted by molar-refractivity contribution is 7.99. The number of morpholine rings is 1. The highest BCUT2D eigenvalue weighted by Gasteiger charge is 2.31. The fourth-order valence-electron chi connectivity index (χ4n) is 3.68. The van der Waals surface area contributed by atoms with Crippen molar-refractivity contribution in [3.8, 4) is 5.69 Å². The van der Waals surface area contributed by atoms with E-state index in [0.29, 0.717) is 54.7 Å². The molecule has 4 heterocycles. The molecule has 0 spiro atoms. The molecule has 0 bridgehead atoms. The molecule has 1 amide bonds. The zero-order valence-corrected chi connectivity index (χ0v) is 16.0. The predicted octanol–water partition coefficient (Wildman–Crippen LogP) is 1.48. The second-order valence-corrected chi connectivity index (χ2v) is 7.85. The summed E-state index contributed by atoms with van der Waals surface area (Å²) in [5, 5.41) is 5.49. The number of carbonyl (C=O) groups is 1. The van der Waals surface area contributed by atoms with Gasteiger partial charge in [-0.25, -0.2) is 9.67 Å². The maximum Gasteiger partial charge on any atom is 0.265 e. The Labute approximate surface area is 165 Å². The van der Waals surface area contributed by atoms with Crippen molar-refractivity contribution in [2.75, 3.05) is 32.1 Å². The van der Waals surface area contributed by atoms with E-state index in [-0.39, 0.29) is 17.5 Å². The van der Waals surface area contributed by atoms with Gasteiger partial charge in [-0.1, -0.05) is 30.0 Å². The topological polar surface area (TPSA) is 82.2 Å². The number of aromatic nitrogens is 4. The summed E-state index contributed by atoms with van der Waals surface area (Å²) in [5.74, 6) is 0.734. The number of hydrogen-bond acceptors (Lipinski definition) is 6. The van der Waals surface area contributed by atoms with Gasteiger partial charge in [0.05, 0.1) is 31.1 Å². The predicted molar refractivity (Wildman–Crippen MR) is 105 cm³/mol. The van der Waals surface area contributed by atoms with Crippen molar-refractivity contribution in [2.45, 2.75) is 17.6 Å². The van der Waals surface area contributed by atoms with Crippen LogP contribution in [0, 0.1) is 0 Å². The number of para-hydroxylation sites is 1. The van der Waals surface area contributed by atoms with Crippen molar-refractivity contribution in [1.29, 1.82) is 0 Å². The molecule has 0 radical (unpaired) electrons. The molecule has 1 atom stereocenters. The summed E-state index contributed by atoms with van der Waals surface area (Å²) in [6, 6.07) is 9.45. The molecule has 9 heteroatoms. The molecule has 3 aromatic rings. The van der Waals surface area contributed by atoms with Crippen LogP contribution in [0.4, 0.5) is 0 Å². The van der Waals surface area contributed by atoms with E-state index in [0.717, 1.165) is 5.69 Å². The quantitative estimate of drug-likeness (QED) is 0.623. The van der Waals surface area contributed by atoms with E-state index in [1.54, 1.807) is 15.4 Å². The zero-order valence-electron chi connectivity index (χ0n) is 15.2. The van der Waals surface area contributed by atoms with Gasteiger partial charge >= 0.3 is 0 Å². The molecule has 2 aliphatic heterocycles. The van der Waals surface area contributed by atoms with Crippen LogP contribution >= 0.6 is 11.8 Å². The molecule has 0 unspecified atom stereocenters. The first-order valence-corrected chi connectivity index (χ1v) is 10.2. The van der Waals surface area contributed by atoms with Gasteiger partial charge < -0.3 is 9.64 Å². The minimum absolute atomic E-state index is 0.0636.